The number of nitrogens with two attached hydrogens (primary N) is 1. The van der Waals surface area contributed by atoms with E-state index < -0.39 is 0 Å². The molecule has 0 saturated heterocycles. The molecule has 0 saturated carbocycles. The maximum absolute atomic E-state index is 10.8. The van der Waals surface area contributed by atoms with Crippen molar-refractivity contribution in [3.8, 4) is 0 Å². The summed E-state index contributed by atoms with van der Waals surface area (Å²) in [4.78, 5) is 14.7. The Morgan fingerprint density at radius 3 is 2.82 bits per heavy atom. The van der Waals surface area contributed by atoms with Gasteiger partial charge in [-0.25, -0.2) is 4.98 Å². The van der Waals surface area contributed by atoms with E-state index >= 15 is 0 Å². The van der Waals surface area contributed by atoms with Crippen LogP contribution < -0.4 is 5.73 Å². The van der Waals surface area contributed by atoms with E-state index in [0.29, 0.717) is 15.9 Å². The van der Waals surface area contributed by atoms with Gasteiger partial charge in [-0.3, -0.25) is 4.79 Å². The summed E-state index contributed by atoms with van der Waals surface area (Å²) in [5, 5.41) is 0. The molecular weight excluding hydrogens is 208 g/mol. The summed E-state index contributed by atoms with van der Waals surface area (Å²) in [6.07, 6.45) is 1.46. The standard InChI is InChI=1S/C7H7BrN2O/c1-4(11)7-6(8)2-5(9)3-10-7/h2-3H,9H2,1H3. The molecule has 0 bridgehead atoms. The number of pyridine rings is 1. The number of nitrogens with zero attached hydrogens (tertiary/aromatic N) is 1. The predicted molar refractivity (Wildman–Crippen MR) is 46.4 cm³/mol. The van der Waals surface area contributed by atoms with Crippen molar-refractivity contribution in [2.75, 3.05) is 5.73 Å². The fourth-order valence-corrected chi connectivity index (χ4v) is 1.36. The summed E-state index contributed by atoms with van der Waals surface area (Å²) in [5.41, 5.74) is 6.38. The number of carbonyl (C=O) groups excluding carboxylic acids is 1. The monoisotopic (exact) mass is 214 g/mol. The van der Waals surface area contributed by atoms with Gasteiger partial charge in [0.05, 0.1) is 11.9 Å². The molecule has 58 valence electrons. The van der Waals surface area contributed by atoms with Crippen molar-refractivity contribution in [2.45, 2.75) is 6.92 Å². The van der Waals surface area contributed by atoms with E-state index in [4.69, 9.17) is 5.73 Å². The Balaban J connectivity index is 3.20. The molecule has 4 heteroatoms. The number of anilines is 1. The lowest BCUT2D eigenvalue weighted by atomic mass is 10.3. The van der Waals surface area contributed by atoms with Crippen LogP contribution in [0.2, 0.25) is 0 Å². The Kier molecular flexibility index (Phi) is 2.24. The van der Waals surface area contributed by atoms with Crippen molar-refractivity contribution in [3.05, 3.63) is 22.4 Å². The largest absolute Gasteiger partial charge is 0.397 e. The van der Waals surface area contributed by atoms with E-state index in [9.17, 15) is 4.79 Å². The van der Waals surface area contributed by atoms with Crippen molar-refractivity contribution in [2.24, 2.45) is 0 Å². The van der Waals surface area contributed by atoms with Gasteiger partial charge in [-0.05, 0) is 22.0 Å². The molecule has 0 aliphatic rings. The molecular formula is C7H7BrN2O. The van der Waals surface area contributed by atoms with Gasteiger partial charge in [-0.2, -0.15) is 0 Å². The third-order valence-corrected chi connectivity index (χ3v) is 1.80. The van der Waals surface area contributed by atoms with E-state index in [2.05, 4.69) is 20.9 Å². The van der Waals surface area contributed by atoms with E-state index in [-0.39, 0.29) is 5.78 Å². The zero-order valence-electron chi connectivity index (χ0n) is 5.97. The zero-order chi connectivity index (χ0) is 8.43. The Morgan fingerprint density at radius 1 is 1.73 bits per heavy atom. The number of hydrogen-bond donors (Lipinski definition) is 1. The van der Waals surface area contributed by atoms with E-state index in [0.717, 1.165) is 0 Å². The Hall–Kier alpha value is -0.900. The van der Waals surface area contributed by atoms with Crippen LogP contribution in [0.5, 0.6) is 0 Å². The molecule has 2 N–H and O–H groups in total. The highest BCUT2D eigenvalue weighted by Crippen LogP contribution is 2.17. The molecule has 0 radical (unpaired) electrons. The summed E-state index contributed by atoms with van der Waals surface area (Å²) in [5.74, 6) is -0.0723. The van der Waals surface area contributed by atoms with Gasteiger partial charge in [0.15, 0.2) is 5.78 Å². The SMILES string of the molecule is CC(=O)c1ncc(N)cc1Br. The number of halogens is 1. The second-order valence-corrected chi connectivity index (χ2v) is 3.01. The second kappa shape index (κ2) is 3.00. The third-order valence-electron chi connectivity index (χ3n) is 1.20. The summed E-state index contributed by atoms with van der Waals surface area (Å²) >= 11 is 3.18. The number of rotatable bonds is 1. The molecule has 0 unspecified atom stereocenters. The van der Waals surface area contributed by atoms with Crippen LogP contribution in [0.3, 0.4) is 0 Å². The van der Waals surface area contributed by atoms with Gasteiger partial charge < -0.3 is 5.73 Å². The first-order chi connectivity index (χ1) is 5.11. The Morgan fingerprint density at radius 2 is 2.36 bits per heavy atom. The van der Waals surface area contributed by atoms with Crippen LogP contribution in [-0.2, 0) is 0 Å². The van der Waals surface area contributed by atoms with Crippen molar-refractivity contribution >= 4 is 27.4 Å². The molecule has 0 fully saturated rings. The van der Waals surface area contributed by atoms with Gasteiger partial charge >= 0.3 is 0 Å². The summed E-state index contributed by atoms with van der Waals surface area (Å²) in [6.45, 7) is 1.46. The lowest BCUT2D eigenvalue weighted by Gasteiger charge is -1.98. The van der Waals surface area contributed by atoms with E-state index in [1.807, 2.05) is 0 Å². The van der Waals surface area contributed by atoms with E-state index in [1.165, 1.54) is 13.1 Å². The predicted octanol–water partition coefficient (Wildman–Crippen LogP) is 1.63. The lowest BCUT2D eigenvalue weighted by molar-refractivity contribution is 0.101. The third kappa shape index (κ3) is 1.77. The number of Topliss-reactive ketones (excluding diaryl/α,β-unsaturated/α-hetero) is 1. The van der Waals surface area contributed by atoms with Crippen LogP contribution in [0.1, 0.15) is 17.4 Å². The van der Waals surface area contributed by atoms with E-state index in [1.54, 1.807) is 6.07 Å². The van der Waals surface area contributed by atoms with Crippen molar-refractivity contribution in [3.63, 3.8) is 0 Å². The summed E-state index contributed by atoms with van der Waals surface area (Å²) < 4.78 is 0.644. The first kappa shape index (κ1) is 8.20. The minimum Gasteiger partial charge on any atom is -0.397 e. The summed E-state index contributed by atoms with van der Waals surface area (Å²) in [7, 11) is 0. The Bertz CT molecular complexity index is 298. The topological polar surface area (TPSA) is 56.0 Å². The van der Waals surface area contributed by atoms with Crippen LogP contribution in [-0.4, -0.2) is 10.8 Å². The highest BCUT2D eigenvalue weighted by Gasteiger charge is 2.05. The average molecular weight is 215 g/mol. The molecule has 0 atom stereocenters. The minimum absolute atomic E-state index is 0.0723. The number of carbonyl (C=O) groups is 1. The van der Waals surface area contributed by atoms with Gasteiger partial charge in [0.1, 0.15) is 5.69 Å². The quantitative estimate of drug-likeness (QED) is 0.724. The second-order valence-electron chi connectivity index (χ2n) is 2.16. The van der Waals surface area contributed by atoms with Gasteiger partial charge in [-0.15, -0.1) is 0 Å². The van der Waals surface area contributed by atoms with Crippen molar-refractivity contribution < 1.29 is 4.79 Å². The fraction of sp³-hybridized carbons (Fsp3) is 0.143. The maximum atomic E-state index is 10.8. The number of hydrogen-bond acceptors (Lipinski definition) is 3. The molecule has 0 aliphatic carbocycles. The number of nitrogen functional groups attached to an aromatic ring is 1. The van der Waals surface area contributed by atoms with Gasteiger partial charge in [0.2, 0.25) is 0 Å². The molecule has 1 rings (SSSR count). The highest BCUT2D eigenvalue weighted by atomic mass is 79.9. The van der Waals surface area contributed by atoms with Crippen LogP contribution >= 0.6 is 15.9 Å². The molecule has 1 aromatic heterocycles. The van der Waals surface area contributed by atoms with Crippen molar-refractivity contribution in [1.29, 1.82) is 0 Å². The summed E-state index contributed by atoms with van der Waals surface area (Å²) in [6, 6.07) is 1.66. The maximum Gasteiger partial charge on any atom is 0.179 e. The normalized spacial score (nSPS) is 9.64. The first-order valence-corrected chi connectivity index (χ1v) is 3.82. The molecule has 1 heterocycles. The molecule has 11 heavy (non-hydrogen) atoms. The van der Waals surface area contributed by atoms with Gasteiger partial charge in [0, 0.05) is 11.4 Å². The van der Waals surface area contributed by atoms with Crippen LogP contribution in [0.15, 0.2) is 16.7 Å². The molecule has 1 aromatic rings. The van der Waals surface area contributed by atoms with Crippen LogP contribution in [0.4, 0.5) is 5.69 Å². The van der Waals surface area contributed by atoms with Crippen LogP contribution in [0.25, 0.3) is 0 Å². The van der Waals surface area contributed by atoms with Gasteiger partial charge in [-0.1, -0.05) is 0 Å². The number of ketones is 1. The van der Waals surface area contributed by atoms with Gasteiger partial charge in [0.25, 0.3) is 0 Å². The molecule has 0 amide bonds. The fourth-order valence-electron chi connectivity index (χ4n) is 0.712. The van der Waals surface area contributed by atoms with Crippen molar-refractivity contribution in [1.82, 2.24) is 4.98 Å². The zero-order valence-corrected chi connectivity index (χ0v) is 7.55. The molecule has 0 aliphatic heterocycles. The minimum atomic E-state index is -0.0723. The number of aromatic nitrogens is 1. The lowest BCUT2D eigenvalue weighted by Crippen LogP contribution is -1.99. The smallest absolute Gasteiger partial charge is 0.179 e. The van der Waals surface area contributed by atoms with Crippen LogP contribution in [0, 0.1) is 0 Å². The first-order valence-electron chi connectivity index (χ1n) is 3.03. The Labute approximate surface area is 72.7 Å². The molecule has 0 aromatic carbocycles. The molecule has 3 nitrogen and oxygen atoms in total. The average Bonchev–Trinajstić information content (AvgIpc) is 1.85. The molecule has 0 spiro atoms. The highest BCUT2D eigenvalue weighted by molar-refractivity contribution is 9.10.